The molecule has 63 heavy (non-hydrogen) atoms. The molecule has 0 aliphatic carbocycles. The van der Waals surface area contributed by atoms with E-state index in [2.05, 4.69) is 42.2 Å². The number of nitrogens with one attached hydrogen (secondary N) is 8. The van der Waals surface area contributed by atoms with Gasteiger partial charge in [0.1, 0.15) is 29.3 Å². The molecule has 19 heteroatoms. The molecule has 0 radical (unpaired) electrons. The van der Waals surface area contributed by atoms with Gasteiger partial charge < -0.3 is 60.9 Å². The number of hydrogen-bond acceptors (Lipinski definition) is 13. The molecule has 1 aliphatic heterocycles. The fourth-order valence-electron chi connectivity index (χ4n) is 6.73. The van der Waals surface area contributed by atoms with Crippen LogP contribution in [0.5, 0.6) is 0 Å². The van der Waals surface area contributed by atoms with E-state index < -0.39 is 83.8 Å². The van der Waals surface area contributed by atoms with E-state index in [-0.39, 0.29) is 45.4 Å². The summed E-state index contributed by atoms with van der Waals surface area (Å²) in [6.45, 7) is 11.4. The summed E-state index contributed by atoms with van der Waals surface area (Å²) >= 11 is 0. The number of aliphatic hydroxyl groups is 1. The molecule has 1 aromatic heterocycles. The standard InChI is InChI=1S/C44H64N8O11/c1-43(2,3)62-41(58)45-20-14-13-19-32(39(56)60-7)50-37(54)34(23-28-25-48-31-18-12-11-17-30(28)31)51-38(55)35(27-15-9-8-10-16-27)52-36(53)33-24-29(26-49-33)61-40(57)46-21-22-47-42(59)63-44(4,5)6/h8-12,15-18,25,29,32-35,40,46,48-49,57H,13-14,19-24,26H2,1-7H3,(H,45,58)(H,47,59)(H,50,54)(H,51,55)(H,52,53)/t29-,32+,33+,34-,35+,40?/m1/s1. The Hall–Kier alpha value is -5.76. The number of carbonyl (C=O) groups excluding carboxylic acids is 6. The van der Waals surface area contributed by atoms with Gasteiger partial charge in [0.05, 0.1) is 19.3 Å². The van der Waals surface area contributed by atoms with Gasteiger partial charge in [0, 0.05) is 49.7 Å². The first-order valence-corrected chi connectivity index (χ1v) is 21.1. The van der Waals surface area contributed by atoms with Crippen LogP contribution in [0.4, 0.5) is 9.59 Å². The van der Waals surface area contributed by atoms with Crippen molar-refractivity contribution in [2.45, 2.75) is 122 Å². The summed E-state index contributed by atoms with van der Waals surface area (Å²) in [7, 11) is 1.21. The minimum absolute atomic E-state index is 0.0291. The molecule has 3 aromatic rings. The second kappa shape index (κ2) is 23.6. The van der Waals surface area contributed by atoms with Crippen molar-refractivity contribution in [2.24, 2.45) is 0 Å². The first-order chi connectivity index (χ1) is 29.8. The van der Waals surface area contributed by atoms with Crippen LogP contribution in [0.1, 0.15) is 84.4 Å². The molecule has 0 saturated carbocycles. The zero-order chi connectivity index (χ0) is 46.2. The molecular weight excluding hydrogens is 817 g/mol. The van der Waals surface area contributed by atoms with Gasteiger partial charge in [-0.25, -0.2) is 14.4 Å². The number of esters is 1. The lowest BCUT2D eigenvalue weighted by atomic mass is 10.0. The van der Waals surface area contributed by atoms with Gasteiger partial charge in [0.2, 0.25) is 24.1 Å². The zero-order valence-corrected chi connectivity index (χ0v) is 37.1. The van der Waals surface area contributed by atoms with E-state index in [9.17, 15) is 33.9 Å². The van der Waals surface area contributed by atoms with Crippen LogP contribution < -0.4 is 37.2 Å². The number of ether oxygens (including phenoxy) is 4. The lowest BCUT2D eigenvalue weighted by molar-refractivity contribution is -0.149. The van der Waals surface area contributed by atoms with Crippen LogP contribution in [0.3, 0.4) is 0 Å². The topological polar surface area (TPSA) is 260 Å². The van der Waals surface area contributed by atoms with Crippen molar-refractivity contribution in [1.29, 1.82) is 0 Å². The highest BCUT2D eigenvalue weighted by Crippen LogP contribution is 2.21. The van der Waals surface area contributed by atoms with E-state index in [1.807, 2.05) is 24.3 Å². The second-order valence-electron chi connectivity index (χ2n) is 17.2. The van der Waals surface area contributed by atoms with Crippen molar-refractivity contribution >= 4 is 46.8 Å². The Morgan fingerprint density at radius 2 is 1.41 bits per heavy atom. The number of aliphatic hydroxyl groups excluding tert-OH is 1. The molecule has 1 saturated heterocycles. The SMILES string of the molecule is COC(=O)[C@H](CCCCNC(=O)OC(C)(C)C)NC(=O)[C@@H](Cc1c[nH]c2ccccc12)NC(=O)[C@@H](NC(=O)[C@@H]1C[C@@H](OC(O)NCCNC(=O)OC(C)(C)C)CN1)c1ccccc1. The Labute approximate surface area is 367 Å². The monoisotopic (exact) mass is 880 g/mol. The van der Waals surface area contributed by atoms with Crippen LogP contribution in [0.2, 0.25) is 0 Å². The Bertz CT molecular complexity index is 1980. The number of amides is 5. The van der Waals surface area contributed by atoms with Gasteiger partial charge >= 0.3 is 18.2 Å². The van der Waals surface area contributed by atoms with Gasteiger partial charge in [0.15, 0.2) is 0 Å². The molecule has 5 amide bonds. The molecule has 4 rings (SSSR count). The number of H-pyrrole nitrogens is 1. The van der Waals surface area contributed by atoms with Gasteiger partial charge in [-0.3, -0.25) is 19.7 Å². The van der Waals surface area contributed by atoms with E-state index in [4.69, 9.17) is 18.9 Å². The first-order valence-electron chi connectivity index (χ1n) is 21.1. The molecule has 0 bridgehead atoms. The van der Waals surface area contributed by atoms with Crippen molar-refractivity contribution in [3.8, 4) is 0 Å². The number of carbonyl (C=O) groups is 6. The van der Waals surface area contributed by atoms with Crippen molar-refractivity contribution in [1.82, 2.24) is 42.2 Å². The largest absolute Gasteiger partial charge is 0.467 e. The summed E-state index contributed by atoms with van der Waals surface area (Å²) in [6.07, 6.45) is -0.0720. The molecule has 19 nitrogen and oxygen atoms in total. The molecule has 346 valence electrons. The predicted octanol–water partition coefficient (Wildman–Crippen LogP) is 2.54. The number of aromatic amines is 1. The second-order valence-corrected chi connectivity index (χ2v) is 17.2. The van der Waals surface area contributed by atoms with Crippen molar-refractivity contribution in [2.75, 3.05) is 33.3 Å². The number of rotatable bonds is 21. The number of benzene rings is 2. The van der Waals surface area contributed by atoms with Crippen LogP contribution in [0.25, 0.3) is 10.9 Å². The molecule has 1 aliphatic rings. The summed E-state index contributed by atoms with van der Waals surface area (Å²) in [5, 5.41) is 30.8. The molecule has 0 spiro atoms. The molecule has 1 unspecified atom stereocenters. The third-order valence-electron chi connectivity index (χ3n) is 9.64. The average molecular weight is 881 g/mol. The van der Waals surface area contributed by atoms with Crippen LogP contribution in [-0.4, -0.2) is 121 Å². The van der Waals surface area contributed by atoms with Gasteiger partial charge in [-0.2, -0.15) is 0 Å². The van der Waals surface area contributed by atoms with Crippen LogP contribution in [-0.2, 0) is 44.5 Å². The molecular formula is C44H64N8O11. The van der Waals surface area contributed by atoms with Gasteiger partial charge in [-0.05, 0) is 84.4 Å². The molecule has 6 atom stereocenters. The van der Waals surface area contributed by atoms with Crippen LogP contribution in [0, 0.1) is 0 Å². The third kappa shape index (κ3) is 17.1. The highest BCUT2D eigenvalue weighted by molar-refractivity contribution is 5.95. The molecule has 9 N–H and O–H groups in total. The first kappa shape index (κ1) is 49.9. The highest BCUT2D eigenvalue weighted by atomic mass is 16.6. The van der Waals surface area contributed by atoms with Crippen LogP contribution in [0.15, 0.2) is 60.8 Å². The Balaban J connectivity index is 1.42. The Morgan fingerprint density at radius 1 is 0.778 bits per heavy atom. The molecule has 2 heterocycles. The number of aromatic nitrogens is 1. The number of fused-ring (bicyclic) bond motifs is 1. The van der Waals surface area contributed by atoms with Crippen molar-refractivity contribution in [3.05, 3.63) is 71.9 Å². The number of alkyl carbamates (subject to hydrolysis) is 2. The Morgan fingerprint density at radius 3 is 2.08 bits per heavy atom. The predicted molar refractivity (Wildman–Crippen MR) is 233 cm³/mol. The lowest BCUT2D eigenvalue weighted by Crippen LogP contribution is -2.55. The maximum Gasteiger partial charge on any atom is 0.407 e. The smallest absolute Gasteiger partial charge is 0.407 e. The maximum absolute atomic E-state index is 14.3. The highest BCUT2D eigenvalue weighted by Gasteiger charge is 2.36. The molecule has 1 fully saturated rings. The average Bonchev–Trinajstić information content (AvgIpc) is 3.86. The fraction of sp³-hybridized carbons (Fsp3) is 0.545. The summed E-state index contributed by atoms with van der Waals surface area (Å²) in [6, 6.07) is 11.7. The summed E-state index contributed by atoms with van der Waals surface area (Å²) in [4.78, 5) is 82.3. The minimum Gasteiger partial charge on any atom is -0.467 e. The van der Waals surface area contributed by atoms with Gasteiger partial charge in [-0.15, -0.1) is 0 Å². The summed E-state index contributed by atoms with van der Waals surface area (Å²) < 4.78 is 21.1. The Kier molecular flexibility index (Phi) is 18.7. The normalized spacial score (nSPS) is 17.1. The lowest BCUT2D eigenvalue weighted by Gasteiger charge is -2.26. The summed E-state index contributed by atoms with van der Waals surface area (Å²) in [5.74, 6) is -2.53. The maximum atomic E-state index is 14.3. The van der Waals surface area contributed by atoms with E-state index in [0.717, 1.165) is 16.5 Å². The number of hydrogen-bond donors (Lipinski definition) is 9. The third-order valence-corrected chi connectivity index (χ3v) is 9.64. The van der Waals surface area contributed by atoms with E-state index >= 15 is 0 Å². The van der Waals surface area contributed by atoms with Crippen molar-refractivity contribution in [3.63, 3.8) is 0 Å². The quantitative estimate of drug-likeness (QED) is 0.0323. The molecule has 2 aromatic carbocycles. The number of unbranched alkanes of at least 4 members (excludes halogenated alkanes) is 1. The minimum atomic E-state index is -1.39. The zero-order valence-electron chi connectivity index (χ0n) is 37.1. The van der Waals surface area contributed by atoms with E-state index in [1.54, 1.807) is 78.1 Å². The van der Waals surface area contributed by atoms with Gasteiger partial charge in [0.25, 0.3) is 0 Å². The van der Waals surface area contributed by atoms with Crippen molar-refractivity contribution < 1.29 is 52.8 Å². The number of para-hydroxylation sites is 1. The van der Waals surface area contributed by atoms with E-state index in [1.165, 1.54) is 7.11 Å². The summed E-state index contributed by atoms with van der Waals surface area (Å²) in [5.41, 5.74) is 0.701. The van der Waals surface area contributed by atoms with Crippen LogP contribution >= 0.6 is 0 Å². The fourth-order valence-corrected chi connectivity index (χ4v) is 6.73. The number of methoxy groups -OCH3 is 1. The van der Waals surface area contributed by atoms with Gasteiger partial charge in [-0.1, -0.05) is 48.5 Å². The van der Waals surface area contributed by atoms with E-state index in [0.29, 0.717) is 18.4 Å².